The average Bonchev–Trinajstić information content (AvgIpc) is 2.81. The van der Waals surface area contributed by atoms with E-state index in [0.717, 1.165) is 6.07 Å². The van der Waals surface area contributed by atoms with Crippen LogP contribution in [0.15, 0.2) is 18.2 Å². The van der Waals surface area contributed by atoms with E-state index in [4.69, 9.17) is 10.2 Å². The highest BCUT2D eigenvalue weighted by Crippen LogP contribution is 2.27. The monoisotopic (exact) mass is 251 g/mol. The summed E-state index contributed by atoms with van der Waals surface area (Å²) in [5.41, 5.74) is 0.165. The Bertz CT molecular complexity index is 499. The van der Waals surface area contributed by atoms with Crippen molar-refractivity contribution in [2.75, 3.05) is 6.54 Å². The van der Waals surface area contributed by atoms with Crippen molar-refractivity contribution in [3.05, 3.63) is 23.8 Å². The number of benzene rings is 1. The molecule has 1 heterocycles. The van der Waals surface area contributed by atoms with Crippen molar-refractivity contribution in [2.24, 2.45) is 0 Å². The lowest BCUT2D eigenvalue weighted by molar-refractivity contribution is -0.141. The molecule has 1 fully saturated rings. The van der Waals surface area contributed by atoms with Gasteiger partial charge in [0.15, 0.2) is 11.5 Å². The number of carboxylic acid groups (broad SMARTS) is 1. The summed E-state index contributed by atoms with van der Waals surface area (Å²) in [5.74, 6) is -2.19. The molecule has 1 atom stereocenters. The molecule has 1 aromatic carbocycles. The molecule has 96 valence electrons. The molecular formula is C12H13NO5. The largest absolute Gasteiger partial charge is 0.504 e. The number of aromatic hydroxyl groups is 2. The molecule has 6 heteroatoms. The lowest BCUT2D eigenvalue weighted by atomic mass is 10.1. The van der Waals surface area contributed by atoms with Gasteiger partial charge in [-0.3, -0.25) is 4.79 Å². The molecule has 0 bridgehead atoms. The Balaban J connectivity index is 2.25. The molecule has 1 aliphatic heterocycles. The van der Waals surface area contributed by atoms with Gasteiger partial charge in [-0.2, -0.15) is 0 Å². The summed E-state index contributed by atoms with van der Waals surface area (Å²) in [7, 11) is 0. The number of aliphatic carboxylic acids is 1. The van der Waals surface area contributed by atoms with Gasteiger partial charge in [-0.1, -0.05) is 0 Å². The second-order valence-electron chi connectivity index (χ2n) is 4.20. The molecule has 18 heavy (non-hydrogen) atoms. The summed E-state index contributed by atoms with van der Waals surface area (Å²) in [4.78, 5) is 24.4. The zero-order chi connectivity index (χ0) is 13.3. The zero-order valence-electron chi connectivity index (χ0n) is 9.54. The number of hydrogen-bond donors (Lipinski definition) is 3. The van der Waals surface area contributed by atoms with Gasteiger partial charge in [-0.05, 0) is 31.0 Å². The van der Waals surface area contributed by atoms with E-state index in [-0.39, 0.29) is 11.3 Å². The highest BCUT2D eigenvalue weighted by molar-refractivity contribution is 5.97. The second kappa shape index (κ2) is 4.56. The van der Waals surface area contributed by atoms with Crippen LogP contribution in [0.5, 0.6) is 11.5 Å². The fourth-order valence-corrected chi connectivity index (χ4v) is 2.09. The number of likely N-dealkylation sites (tertiary alicyclic amines) is 1. The van der Waals surface area contributed by atoms with Crippen LogP contribution in [0.4, 0.5) is 0 Å². The molecule has 1 aliphatic rings. The van der Waals surface area contributed by atoms with Gasteiger partial charge in [0.1, 0.15) is 6.04 Å². The van der Waals surface area contributed by atoms with Gasteiger partial charge in [-0.15, -0.1) is 0 Å². The predicted octanol–water partition coefficient (Wildman–Crippen LogP) is 0.787. The summed E-state index contributed by atoms with van der Waals surface area (Å²) < 4.78 is 0. The molecule has 0 aromatic heterocycles. The van der Waals surface area contributed by atoms with E-state index in [0.29, 0.717) is 19.4 Å². The Morgan fingerprint density at radius 3 is 2.56 bits per heavy atom. The van der Waals surface area contributed by atoms with Crippen LogP contribution in [0.3, 0.4) is 0 Å². The van der Waals surface area contributed by atoms with Crippen molar-refractivity contribution in [1.82, 2.24) is 4.90 Å². The minimum Gasteiger partial charge on any atom is -0.504 e. The SMILES string of the molecule is O=C(O)[C@@H]1CCCN1C(=O)c1ccc(O)c(O)c1. The van der Waals surface area contributed by atoms with Crippen LogP contribution in [0.2, 0.25) is 0 Å². The molecule has 0 radical (unpaired) electrons. The first-order valence-corrected chi connectivity index (χ1v) is 5.56. The van der Waals surface area contributed by atoms with Crippen LogP contribution in [0.1, 0.15) is 23.2 Å². The van der Waals surface area contributed by atoms with Gasteiger partial charge >= 0.3 is 5.97 Å². The van der Waals surface area contributed by atoms with Gasteiger partial charge in [0.05, 0.1) is 0 Å². The Morgan fingerprint density at radius 2 is 1.94 bits per heavy atom. The highest BCUT2D eigenvalue weighted by Gasteiger charge is 2.34. The van der Waals surface area contributed by atoms with Crippen LogP contribution in [0.25, 0.3) is 0 Å². The van der Waals surface area contributed by atoms with Crippen molar-refractivity contribution in [1.29, 1.82) is 0 Å². The van der Waals surface area contributed by atoms with E-state index in [2.05, 4.69) is 0 Å². The number of amides is 1. The molecule has 3 N–H and O–H groups in total. The Hall–Kier alpha value is -2.24. The molecule has 1 saturated heterocycles. The van der Waals surface area contributed by atoms with Gasteiger partial charge in [-0.25, -0.2) is 4.79 Å². The molecule has 0 aliphatic carbocycles. The molecule has 1 aromatic rings. The summed E-state index contributed by atoms with van der Waals surface area (Å²) in [6, 6.07) is 2.88. The lowest BCUT2D eigenvalue weighted by Gasteiger charge is -2.21. The summed E-state index contributed by atoms with van der Waals surface area (Å²) in [6.45, 7) is 0.386. The molecule has 0 saturated carbocycles. The Labute approximate surface area is 103 Å². The first-order valence-electron chi connectivity index (χ1n) is 5.56. The third-order valence-corrected chi connectivity index (χ3v) is 3.02. The lowest BCUT2D eigenvalue weighted by Crippen LogP contribution is -2.40. The molecule has 0 unspecified atom stereocenters. The van der Waals surface area contributed by atoms with Crippen LogP contribution in [-0.2, 0) is 4.79 Å². The number of hydrogen-bond acceptors (Lipinski definition) is 4. The smallest absolute Gasteiger partial charge is 0.326 e. The molecule has 6 nitrogen and oxygen atoms in total. The van der Waals surface area contributed by atoms with Crippen molar-refractivity contribution in [3.63, 3.8) is 0 Å². The Kier molecular flexibility index (Phi) is 3.10. The molecular weight excluding hydrogens is 238 g/mol. The topological polar surface area (TPSA) is 98.1 Å². The summed E-state index contributed by atoms with van der Waals surface area (Å²) >= 11 is 0. The van der Waals surface area contributed by atoms with E-state index in [1.807, 2.05) is 0 Å². The number of rotatable bonds is 2. The van der Waals surface area contributed by atoms with Crippen LogP contribution >= 0.6 is 0 Å². The van der Waals surface area contributed by atoms with E-state index < -0.39 is 23.7 Å². The van der Waals surface area contributed by atoms with Crippen molar-refractivity contribution in [3.8, 4) is 11.5 Å². The number of carbonyl (C=O) groups is 2. The second-order valence-corrected chi connectivity index (χ2v) is 4.20. The standard InChI is InChI=1S/C12H13NO5/c14-9-4-3-7(6-10(9)15)11(16)13-5-1-2-8(13)12(17)18/h3-4,6,8,14-15H,1-2,5H2,(H,17,18)/t8-/m0/s1. The minimum absolute atomic E-state index is 0.165. The normalized spacial score (nSPS) is 18.9. The minimum atomic E-state index is -1.02. The first kappa shape index (κ1) is 12.2. The van der Waals surface area contributed by atoms with Gasteiger partial charge in [0.25, 0.3) is 5.91 Å². The number of phenolic OH excluding ortho intramolecular Hbond substituents is 2. The summed E-state index contributed by atoms with van der Waals surface area (Å²) in [6.07, 6.45) is 1.08. The highest BCUT2D eigenvalue weighted by atomic mass is 16.4. The maximum atomic E-state index is 12.1. The van der Waals surface area contributed by atoms with Gasteiger partial charge in [0, 0.05) is 12.1 Å². The fourth-order valence-electron chi connectivity index (χ4n) is 2.09. The van der Waals surface area contributed by atoms with E-state index in [9.17, 15) is 14.7 Å². The van der Waals surface area contributed by atoms with Gasteiger partial charge in [0.2, 0.25) is 0 Å². The maximum absolute atomic E-state index is 12.1. The van der Waals surface area contributed by atoms with Crippen LogP contribution in [0, 0.1) is 0 Å². The average molecular weight is 251 g/mol. The van der Waals surface area contributed by atoms with Gasteiger partial charge < -0.3 is 20.2 Å². The Morgan fingerprint density at radius 1 is 1.22 bits per heavy atom. The van der Waals surface area contributed by atoms with Crippen molar-refractivity contribution >= 4 is 11.9 Å². The fraction of sp³-hybridized carbons (Fsp3) is 0.333. The molecule has 2 rings (SSSR count). The maximum Gasteiger partial charge on any atom is 0.326 e. The number of carbonyl (C=O) groups excluding carboxylic acids is 1. The van der Waals surface area contributed by atoms with E-state index in [1.54, 1.807) is 0 Å². The molecule has 0 spiro atoms. The zero-order valence-corrected chi connectivity index (χ0v) is 9.54. The van der Waals surface area contributed by atoms with E-state index >= 15 is 0 Å². The summed E-state index contributed by atoms with van der Waals surface area (Å²) in [5, 5.41) is 27.5. The van der Waals surface area contributed by atoms with Crippen molar-refractivity contribution < 1.29 is 24.9 Å². The van der Waals surface area contributed by atoms with E-state index in [1.165, 1.54) is 17.0 Å². The predicted molar refractivity (Wildman–Crippen MR) is 61.5 cm³/mol. The van der Waals surface area contributed by atoms with Crippen LogP contribution in [-0.4, -0.2) is 44.7 Å². The third-order valence-electron chi connectivity index (χ3n) is 3.02. The first-order chi connectivity index (χ1) is 8.50. The number of carboxylic acids is 1. The van der Waals surface area contributed by atoms with Crippen LogP contribution < -0.4 is 0 Å². The number of nitrogens with zero attached hydrogens (tertiary/aromatic N) is 1. The molecule has 1 amide bonds. The third kappa shape index (κ3) is 2.09. The van der Waals surface area contributed by atoms with Crippen molar-refractivity contribution in [2.45, 2.75) is 18.9 Å². The quantitative estimate of drug-likeness (QED) is 0.675. The number of phenols is 2.